The molecule has 0 aliphatic heterocycles. The lowest BCUT2D eigenvalue weighted by atomic mass is 9.97. The van der Waals surface area contributed by atoms with Crippen LogP contribution in [0.3, 0.4) is 0 Å². The molecule has 20 heavy (non-hydrogen) atoms. The third-order valence-electron chi connectivity index (χ3n) is 3.92. The minimum atomic E-state index is 0.962. The lowest BCUT2D eigenvalue weighted by Crippen LogP contribution is -1.88. The van der Waals surface area contributed by atoms with Gasteiger partial charge in [0.1, 0.15) is 5.75 Å². The van der Waals surface area contributed by atoms with E-state index in [1.165, 1.54) is 26.9 Å². The normalized spacial score (nSPS) is 11.2. The van der Waals surface area contributed by atoms with Gasteiger partial charge < -0.3 is 4.74 Å². The summed E-state index contributed by atoms with van der Waals surface area (Å²) in [6.45, 7) is 0. The van der Waals surface area contributed by atoms with Crippen molar-refractivity contribution < 1.29 is 4.74 Å². The molecular weight excluding hydrogens is 244 g/mol. The molecule has 1 nitrogen and oxygen atoms in total. The highest BCUT2D eigenvalue weighted by Crippen LogP contribution is 2.37. The molecule has 0 amide bonds. The number of benzene rings is 4. The summed E-state index contributed by atoms with van der Waals surface area (Å²) in [7, 11) is 1.75. The largest absolute Gasteiger partial charge is 0.495 e. The zero-order chi connectivity index (χ0) is 13.5. The fourth-order valence-electron chi connectivity index (χ4n) is 3.00. The Balaban J connectivity index is 2.30. The summed E-state index contributed by atoms with van der Waals surface area (Å²) in [5, 5.41) is 7.33. The van der Waals surface area contributed by atoms with E-state index in [2.05, 4.69) is 66.7 Å². The van der Waals surface area contributed by atoms with Gasteiger partial charge >= 0.3 is 0 Å². The van der Waals surface area contributed by atoms with Crippen molar-refractivity contribution >= 4 is 32.3 Å². The maximum Gasteiger partial charge on any atom is 0.134 e. The van der Waals surface area contributed by atoms with Crippen LogP contribution in [0.25, 0.3) is 32.3 Å². The summed E-state index contributed by atoms with van der Waals surface area (Å²) in [6.07, 6.45) is 0. The number of ether oxygens (including phenoxy) is 1. The highest BCUT2D eigenvalue weighted by molar-refractivity contribution is 6.15. The molecule has 0 bridgehead atoms. The second kappa shape index (κ2) is 4.24. The third kappa shape index (κ3) is 1.50. The average molecular weight is 258 g/mol. The van der Waals surface area contributed by atoms with Gasteiger partial charge in [0.15, 0.2) is 0 Å². The van der Waals surface area contributed by atoms with Gasteiger partial charge in [0.25, 0.3) is 0 Å². The number of hydrogen-bond acceptors (Lipinski definition) is 1. The van der Waals surface area contributed by atoms with E-state index in [0.717, 1.165) is 11.1 Å². The van der Waals surface area contributed by atoms with E-state index in [4.69, 9.17) is 4.74 Å². The maximum absolute atomic E-state index is 5.69. The van der Waals surface area contributed by atoms with Crippen molar-refractivity contribution in [2.45, 2.75) is 0 Å². The van der Waals surface area contributed by atoms with Gasteiger partial charge in [0.2, 0.25) is 0 Å². The van der Waals surface area contributed by atoms with Gasteiger partial charge in [0, 0.05) is 10.8 Å². The van der Waals surface area contributed by atoms with Crippen molar-refractivity contribution in [2.75, 3.05) is 7.11 Å². The van der Waals surface area contributed by atoms with Crippen molar-refractivity contribution in [1.29, 1.82) is 0 Å². The Kier molecular flexibility index (Phi) is 2.40. The number of fused-ring (bicyclic) bond motifs is 4. The van der Waals surface area contributed by atoms with Crippen molar-refractivity contribution in [1.82, 2.24) is 0 Å². The molecule has 0 atom stereocenters. The molecule has 4 aromatic rings. The van der Waals surface area contributed by atoms with Gasteiger partial charge in [-0.1, -0.05) is 54.6 Å². The van der Waals surface area contributed by atoms with E-state index in [1.54, 1.807) is 7.11 Å². The van der Waals surface area contributed by atoms with E-state index in [9.17, 15) is 0 Å². The van der Waals surface area contributed by atoms with Crippen molar-refractivity contribution in [3.8, 4) is 5.75 Å². The van der Waals surface area contributed by atoms with Crippen molar-refractivity contribution in [2.24, 2.45) is 0 Å². The Morgan fingerprint density at radius 1 is 0.600 bits per heavy atom. The van der Waals surface area contributed by atoms with Crippen LogP contribution in [0.1, 0.15) is 0 Å². The van der Waals surface area contributed by atoms with Gasteiger partial charge in [-0.3, -0.25) is 0 Å². The molecule has 0 fully saturated rings. The average Bonchev–Trinajstić information content (AvgIpc) is 2.52. The zero-order valence-corrected chi connectivity index (χ0v) is 11.3. The highest BCUT2D eigenvalue weighted by atomic mass is 16.5. The second-order valence-electron chi connectivity index (χ2n) is 5.01. The molecule has 4 rings (SSSR count). The lowest BCUT2D eigenvalue weighted by molar-refractivity contribution is 0.424. The number of rotatable bonds is 1. The van der Waals surface area contributed by atoms with Crippen LogP contribution in [-0.4, -0.2) is 7.11 Å². The Morgan fingerprint density at radius 3 is 2.10 bits per heavy atom. The van der Waals surface area contributed by atoms with Crippen LogP contribution in [0.15, 0.2) is 66.7 Å². The molecule has 4 aromatic carbocycles. The first-order chi connectivity index (χ1) is 9.88. The smallest absolute Gasteiger partial charge is 0.134 e. The van der Waals surface area contributed by atoms with Crippen LogP contribution in [0.5, 0.6) is 5.75 Å². The molecule has 0 saturated carbocycles. The molecule has 0 aromatic heterocycles. The first-order valence-electron chi connectivity index (χ1n) is 6.76. The summed E-state index contributed by atoms with van der Waals surface area (Å²) in [4.78, 5) is 0. The first-order valence-corrected chi connectivity index (χ1v) is 6.76. The molecular formula is C19H14O. The molecule has 0 spiro atoms. The van der Waals surface area contributed by atoms with Gasteiger partial charge in [-0.2, -0.15) is 0 Å². The molecule has 0 unspecified atom stereocenters. The van der Waals surface area contributed by atoms with Gasteiger partial charge in [0.05, 0.1) is 7.11 Å². The quantitative estimate of drug-likeness (QED) is 0.338. The van der Waals surface area contributed by atoms with E-state index in [-0.39, 0.29) is 0 Å². The topological polar surface area (TPSA) is 9.23 Å². The summed E-state index contributed by atoms with van der Waals surface area (Å²) in [5.41, 5.74) is 0. The van der Waals surface area contributed by atoms with E-state index in [1.807, 2.05) is 0 Å². The van der Waals surface area contributed by atoms with Gasteiger partial charge in [-0.15, -0.1) is 0 Å². The highest BCUT2D eigenvalue weighted by Gasteiger charge is 2.09. The maximum atomic E-state index is 5.69. The van der Waals surface area contributed by atoms with Crippen LogP contribution in [0.2, 0.25) is 0 Å². The predicted octanol–water partition coefficient (Wildman–Crippen LogP) is 5.15. The van der Waals surface area contributed by atoms with Crippen molar-refractivity contribution in [3.63, 3.8) is 0 Å². The lowest BCUT2D eigenvalue weighted by Gasteiger charge is -2.12. The summed E-state index contributed by atoms with van der Waals surface area (Å²) in [5.74, 6) is 0.962. The Hall–Kier alpha value is -2.54. The molecule has 0 saturated heterocycles. The van der Waals surface area contributed by atoms with Crippen LogP contribution in [0.4, 0.5) is 0 Å². The van der Waals surface area contributed by atoms with Crippen LogP contribution in [-0.2, 0) is 0 Å². The monoisotopic (exact) mass is 258 g/mol. The number of hydrogen-bond donors (Lipinski definition) is 0. The van der Waals surface area contributed by atoms with E-state index >= 15 is 0 Å². The fourth-order valence-corrected chi connectivity index (χ4v) is 3.00. The summed E-state index contributed by atoms with van der Waals surface area (Å²) < 4.78 is 5.69. The standard InChI is InChI=1S/C19H14O/c1-20-19-16-9-5-3-7-14(16)12-18-15-8-4-2-6-13(15)10-11-17(18)19/h2-12H,1H3. The molecule has 1 heteroatoms. The second-order valence-corrected chi connectivity index (χ2v) is 5.01. The minimum Gasteiger partial charge on any atom is -0.495 e. The molecule has 0 aliphatic carbocycles. The predicted molar refractivity (Wildman–Crippen MR) is 85.5 cm³/mol. The summed E-state index contributed by atoms with van der Waals surface area (Å²) in [6, 6.07) is 23.4. The SMILES string of the molecule is COc1c2ccccc2cc2c1ccc1ccccc12. The first kappa shape index (κ1) is 11.3. The Bertz CT molecular complexity index is 938. The molecule has 0 heterocycles. The van der Waals surface area contributed by atoms with Crippen LogP contribution >= 0.6 is 0 Å². The van der Waals surface area contributed by atoms with E-state index in [0.29, 0.717) is 0 Å². The summed E-state index contributed by atoms with van der Waals surface area (Å²) >= 11 is 0. The van der Waals surface area contributed by atoms with Crippen molar-refractivity contribution in [3.05, 3.63) is 66.7 Å². The fraction of sp³-hybridized carbons (Fsp3) is 0.0526. The van der Waals surface area contributed by atoms with Crippen LogP contribution < -0.4 is 4.74 Å². The molecule has 0 N–H and O–H groups in total. The Labute approximate surface area is 117 Å². The van der Waals surface area contributed by atoms with E-state index < -0.39 is 0 Å². The minimum absolute atomic E-state index is 0.962. The van der Waals surface area contributed by atoms with Gasteiger partial charge in [-0.25, -0.2) is 0 Å². The number of methoxy groups -OCH3 is 1. The Morgan fingerprint density at radius 2 is 1.30 bits per heavy atom. The zero-order valence-electron chi connectivity index (χ0n) is 11.3. The molecule has 0 aliphatic rings. The van der Waals surface area contributed by atoms with Gasteiger partial charge in [-0.05, 0) is 33.7 Å². The molecule has 0 radical (unpaired) electrons. The van der Waals surface area contributed by atoms with Crippen LogP contribution in [0, 0.1) is 0 Å². The third-order valence-corrected chi connectivity index (χ3v) is 3.92. The molecule has 96 valence electrons.